The smallest absolute Gasteiger partial charge is 0.257 e. The van der Waals surface area contributed by atoms with E-state index in [4.69, 9.17) is 4.74 Å². The Balaban J connectivity index is 1.97. The molecular formula is C20H26N2O2. The van der Waals surface area contributed by atoms with Gasteiger partial charge in [0.2, 0.25) is 0 Å². The van der Waals surface area contributed by atoms with Crippen molar-refractivity contribution < 1.29 is 9.53 Å². The first-order chi connectivity index (χ1) is 11.6. The summed E-state index contributed by atoms with van der Waals surface area (Å²) in [5.74, 6) is 0.613. The summed E-state index contributed by atoms with van der Waals surface area (Å²) >= 11 is 0. The zero-order valence-electron chi connectivity index (χ0n) is 14.7. The van der Waals surface area contributed by atoms with Crippen LogP contribution >= 0.6 is 0 Å². The monoisotopic (exact) mass is 326 g/mol. The molecule has 0 spiro atoms. The van der Waals surface area contributed by atoms with E-state index in [2.05, 4.69) is 48.3 Å². The molecule has 0 bridgehead atoms. The minimum absolute atomic E-state index is 0.0531. The van der Waals surface area contributed by atoms with Crippen LogP contribution in [0.4, 0.5) is 5.69 Å². The largest absolute Gasteiger partial charge is 0.484 e. The maximum Gasteiger partial charge on any atom is 0.257 e. The van der Waals surface area contributed by atoms with Gasteiger partial charge >= 0.3 is 0 Å². The molecule has 0 atom stereocenters. The van der Waals surface area contributed by atoms with Gasteiger partial charge < -0.3 is 15.0 Å². The van der Waals surface area contributed by atoms with Gasteiger partial charge in [-0.25, -0.2) is 0 Å². The van der Waals surface area contributed by atoms with Gasteiger partial charge in [-0.15, -0.1) is 0 Å². The number of benzene rings is 2. The van der Waals surface area contributed by atoms with E-state index in [0.29, 0.717) is 12.3 Å². The van der Waals surface area contributed by atoms with Crippen molar-refractivity contribution in [3.05, 3.63) is 59.7 Å². The van der Waals surface area contributed by atoms with Crippen molar-refractivity contribution >= 4 is 11.6 Å². The molecule has 128 valence electrons. The molecule has 2 aromatic carbocycles. The van der Waals surface area contributed by atoms with Gasteiger partial charge in [-0.3, -0.25) is 4.79 Å². The van der Waals surface area contributed by atoms with E-state index < -0.39 is 0 Å². The highest BCUT2D eigenvalue weighted by atomic mass is 16.5. The summed E-state index contributed by atoms with van der Waals surface area (Å²) in [6.07, 6.45) is 0. The van der Waals surface area contributed by atoms with Crippen molar-refractivity contribution in [2.75, 3.05) is 24.6 Å². The average Bonchev–Trinajstić information content (AvgIpc) is 2.60. The fourth-order valence-corrected chi connectivity index (χ4v) is 2.59. The Hall–Kier alpha value is -2.49. The molecule has 0 saturated carbocycles. The van der Waals surface area contributed by atoms with Gasteiger partial charge in [-0.05, 0) is 50.1 Å². The lowest BCUT2D eigenvalue weighted by Crippen LogP contribution is -2.28. The topological polar surface area (TPSA) is 41.6 Å². The molecule has 0 aliphatic rings. The number of para-hydroxylation sites is 1. The Kier molecular flexibility index (Phi) is 6.67. The molecule has 0 heterocycles. The molecule has 4 heteroatoms. The Bertz CT molecular complexity index is 653. The third-order valence-electron chi connectivity index (χ3n) is 3.88. The second kappa shape index (κ2) is 8.96. The predicted molar refractivity (Wildman–Crippen MR) is 98.5 cm³/mol. The number of hydrogen-bond acceptors (Lipinski definition) is 3. The van der Waals surface area contributed by atoms with Gasteiger partial charge in [0.15, 0.2) is 6.61 Å². The molecule has 2 rings (SSSR count). The lowest BCUT2D eigenvalue weighted by molar-refractivity contribution is -0.122. The van der Waals surface area contributed by atoms with Crippen LogP contribution in [0.5, 0.6) is 5.75 Å². The number of ether oxygens (including phenoxy) is 1. The van der Waals surface area contributed by atoms with Crippen LogP contribution in [0.15, 0.2) is 48.5 Å². The molecule has 0 radical (unpaired) electrons. The van der Waals surface area contributed by atoms with Gasteiger partial charge in [0.1, 0.15) is 5.75 Å². The van der Waals surface area contributed by atoms with Crippen LogP contribution in [-0.2, 0) is 11.3 Å². The normalized spacial score (nSPS) is 10.3. The first-order valence-electron chi connectivity index (χ1n) is 8.43. The molecule has 0 saturated heterocycles. The quantitative estimate of drug-likeness (QED) is 0.807. The molecule has 2 aromatic rings. The van der Waals surface area contributed by atoms with Gasteiger partial charge in [0.05, 0.1) is 0 Å². The summed E-state index contributed by atoms with van der Waals surface area (Å²) in [6.45, 7) is 8.65. The summed E-state index contributed by atoms with van der Waals surface area (Å²) in [5, 5.41) is 2.71. The van der Waals surface area contributed by atoms with E-state index >= 15 is 0 Å². The van der Waals surface area contributed by atoms with Gasteiger partial charge in [0.25, 0.3) is 5.91 Å². The number of likely N-dealkylation sites (N-methyl/N-ethyl adjacent to an activating group) is 1. The maximum atomic E-state index is 11.4. The number of anilines is 1. The fraction of sp³-hybridized carbons (Fsp3) is 0.350. The van der Waals surface area contributed by atoms with Crippen LogP contribution < -0.4 is 15.0 Å². The van der Waals surface area contributed by atoms with Crippen molar-refractivity contribution in [3.8, 4) is 5.75 Å². The lowest BCUT2D eigenvalue weighted by atomic mass is 10.1. The Labute approximate surface area is 144 Å². The molecule has 0 unspecified atom stereocenters. The Morgan fingerprint density at radius 2 is 1.79 bits per heavy atom. The highest BCUT2D eigenvalue weighted by Crippen LogP contribution is 2.22. The van der Waals surface area contributed by atoms with Gasteiger partial charge in [-0.2, -0.15) is 0 Å². The maximum absolute atomic E-state index is 11.4. The van der Waals surface area contributed by atoms with E-state index in [1.807, 2.05) is 31.2 Å². The van der Waals surface area contributed by atoms with E-state index in [9.17, 15) is 4.79 Å². The SMILES string of the molecule is CCNC(=O)COc1ccc(CN(CC)c2ccccc2C)cc1. The van der Waals surface area contributed by atoms with E-state index in [1.165, 1.54) is 16.8 Å². The molecule has 4 nitrogen and oxygen atoms in total. The van der Waals surface area contributed by atoms with Gasteiger partial charge in [-0.1, -0.05) is 30.3 Å². The number of amides is 1. The van der Waals surface area contributed by atoms with Crippen LogP contribution in [0.25, 0.3) is 0 Å². The third kappa shape index (κ3) is 5.01. The summed E-state index contributed by atoms with van der Waals surface area (Å²) in [6, 6.07) is 16.4. The molecule has 24 heavy (non-hydrogen) atoms. The van der Waals surface area contributed by atoms with E-state index in [-0.39, 0.29) is 12.5 Å². The zero-order valence-corrected chi connectivity index (χ0v) is 14.7. The first-order valence-corrected chi connectivity index (χ1v) is 8.43. The van der Waals surface area contributed by atoms with Crippen LogP contribution in [0, 0.1) is 6.92 Å². The predicted octanol–water partition coefficient (Wildman–Crippen LogP) is 3.54. The second-order valence-corrected chi connectivity index (χ2v) is 5.69. The van der Waals surface area contributed by atoms with Crippen molar-refractivity contribution in [1.29, 1.82) is 0 Å². The van der Waals surface area contributed by atoms with Crippen molar-refractivity contribution in [2.45, 2.75) is 27.3 Å². The molecule has 0 aromatic heterocycles. The molecule has 1 amide bonds. The summed E-state index contributed by atoms with van der Waals surface area (Å²) < 4.78 is 5.48. The van der Waals surface area contributed by atoms with E-state index in [1.54, 1.807) is 0 Å². The van der Waals surface area contributed by atoms with Crippen LogP contribution in [-0.4, -0.2) is 25.6 Å². The van der Waals surface area contributed by atoms with Crippen molar-refractivity contribution in [1.82, 2.24) is 5.32 Å². The van der Waals surface area contributed by atoms with Crippen LogP contribution in [0.1, 0.15) is 25.0 Å². The van der Waals surface area contributed by atoms with Crippen LogP contribution in [0.3, 0.4) is 0 Å². The molecule has 0 fully saturated rings. The van der Waals surface area contributed by atoms with Gasteiger partial charge in [0, 0.05) is 25.3 Å². The number of carbonyl (C=O) groups excluding carboxylic acids is 1. The van der Waals surface area contributed by atoms with Crippen molar-refractivity contribution in [2.24, 2.45) is 0 Å². The molecule has 1 N–H and O–H groups in total. The average molecular weight is 326 g/mol. The first kappa shape index (κ1) is 17.9. The fourth-order valence-electron chi connectivity index (χ4n) is 2.59. The Morgan fingerprint density at radius 1 is 1.08 bits per heavy atom. The molecule has 0 aliphatic carbocycles. The number of aryl methyl sites for hydroxylation is 1. The van der Waals surface area contributed by atoms with Crippen molar-refractivity contribution in [3.63, 3.8) is 0 Å². The number of rotatable bonds is 8. The molecule has 0 aliphatic heterocycles. The number of carbonyl (C=O) groups is 1. The molecular weight excluding hydrogens is 300 g/mol. The minimum atomic E-state index is -0.0988. The summed E-state index contributed by atoms with van der Waals surface area (Å²) in [4.78, 5) is 13.8. The van der Waals surface area contributed by atoms with Crippen LogP contribution in [0.2, 0.25) is 0 Å². The Morgan fingerprint density at radius 3 is 2.42 bits per heavy atom. The highest BCUT2D eigenvalue weighted by Gasteiger charge is 2.08. The minimum Gasteiger partial charge on any atom is -0.484 e. The number of hydrogen-bond donors (Lipinski definition) is 1. The summed E-state index contributed by atoms with van der Waals surface area (Å²) in [5.41, 5.74) is 3.75. The third-order valence-corrected chi connectivity index (χ3v) is 3.88. The second-order valence-electron chi connectivity index (χ2n) is 5.69. The lowest BCUT2D eigenvalue weighted by Gasteiger charge is -2.25. The highest BCUT2D eigenvalue weighted by molar-refractivity contribution is 5.77. The van der Waals surface area contributed by atoms with E-state index in [0.717, 1.165) is 13.1 Å². The number of nitrogens with one attached hydrogen (secondary N) is 1. The summed E-state index contributed by atoms with van der Waals surface area (Å²) in [7, 11) is 0. The number of nitrogens with zero attached hydrogens (tertiary/aromatic N) is 1. The standard InChI is InChI=1S/C20H26N2O2/c1-4-21-20(23)15-24-18-12-10-17(11-13-18)14-22(5-2)19-9-7-6-8-16(19)3/h6-13H,4-5,14-15H2,1-3H3,(H,21,23). The zero-order chi connectivity index (χ0) is 17.4.